The summed E-state index contributed by atoms with van der Waals surface area (Å²) in [6.07, 6.45) is 3.53. The van der Waals surface area contributed by atoms with E-state index in [0.29, 0.717) is 6.73 Å². The quantitative estimate of drug-likeness (QED) is 0.809. The average molecular weight is 249 g/mol. The zero-order chi connectivity index (χ0) is 12.8. The van der Waals surface area contributed by atoms with Crippen molar-refractivity contribution in [2.75, 3.05) is 31.8 Å². The molecule has 0 aromatic carbocycles. The highest BCUT2D eigenvalue weighted by molar-refractivity contribution is 5.78. The largest absolute Gasteiger partial charge is 0.364 e. The van der Waals surface area contributed by atoms with Gasteiger partial charge in [-0.15, -0.1) is 0 Å². The van der Waals surface area contributed by atoms with Crippen molar-refractivity contribution in [3.63, 3.8) is 0 Å². The molecule has 2 heterocycles. The van der Waals surface area contributed by atoms with E-state index in [9.17, 15) is 4.79 Å². The molecule has 1 aliphatic heterocycles. The van der Waals surface area contributed by atoms with E-state index in [2.05, 4.69) is 15.2 Å². The van der Waals surface area contributed by atoms with E-state index in [4.69, 9.17) is 4.74 Å². The predicted octanol–water partition coefficient (Wildman–Crippen LogP) is 1.02. The Balaban J connectivity index is 1.83. The maximum atomic E-state index is 11.8. The van der Waals surface area contributed by atoms with E-state index in [1.807, 2.05) is 18.2 Å². The Bertz CT molecular complexity index is 375. The number of hydrogen-bond donors (Lipinski definition) is 1. The molecule has 0 bridgehead atoms. The molecule has 5 nitrogen and oxygen atoms in total. The molecule has 1 aromatic heterocycles. The number of nitrogens with one attached hydrogen (secondary N) is 1. The van der Waals surface area contributed by atoms with Gasteiger partial charge in [-0.05, 0) is 25.0 Å². The van der Waals surface area contributed by atoms with Crippen LogP contribution in [-0.4, -0.2) is 37.8 Å². The van der Waals surface area contributed by atoms with Gasteiger partial charge in [-0.1, -0.05) is 6.07 Å². The van der Waals surface area contributed by atoms with Crippen molar-refractivity contribution in [3.8, 4) is 0 Å². The van der Waals surface area contributed by atoms with Crippen LogP contribution in [0, 0.1) is 5.92 Å². The molecule has 1 saturated heterocycles. The summed E-state index contributed by atoms with van der Waals surface area (Å²) < 4.78 is 4.84. The van der Waals surface area contributed by atoms with Crippen LogP contribution in [0.25, 0.3) is 0 Å². The fourth-order valence-corrected chi connectivity index (χ4v) is 2.20. The molecule has 0 atom stereocenters. The zero-order valence-electron chi connectivity index (χ0n) is 10.6. The van der Waals surface area contributed by atoms with Crippen molar-refractivity contribution in [1.82, 2.24) is 10.3 Å². The number of carbonyl (C=O) groups is 1. The van der Waals surface area contributed by atoms with Gasteiger partial charge in [0, 0.05) is 32.3 Å². The number of ether oxygens (including phenoxy) is 1. The third-order valence-electron chi connectivity index (χ3n) is 3.23. The Morgan fingerprint density at radius 1 is 1.50 bits per heavy atom. The van der Waals surface area contributed by atoms with Gasteiger partial charge in [-0.25, -0.2) is 4.98 Å². The van der Waals surface area contributed by atoms with Gasteiger partial charge in [0.05, 0.1) is 0 Å². The van der Waals surface area contributed by atoms with Gasteiger partial charge in [-0.3, -0.25) is 4.79 Å². The Morgan fingerprint density at radius 2 is 2.28 bits per heavy atom. The Morgan fingerprint density at radius 3 is 2.89 bits per heavy atom. The summed E-state index contributed by atoms with van der Waals surface area (Å²) in [4.78, 5) is 18.3. The van der Waals surface area contributed by atoms with Crippen molar-refractivity contribution >= 4 is 11.7 Å². The molecule has 1 N–H and O–H groups in total. The topological polar surface area (TPSA) is 54.5 Å². The lowest BCUT2D eigenvalue weighted by Gasteiger charge is -2.32. The molecule has 2 rings (SSSR count). The van der Waals surface area contributed by atoms with Crippen LogP contribution in [-0.2, 0) is 9.53 Å². The molecular weight excluding hydrogens is 230 g/mol. The van der Waals surface area contributed by atoms with Crippen molar-refractivity contribution in [1.29, 1.82) is 0 Å². The van der Waals surface area contributed by atoms with Gasteiger partial charge in [0.1, 0.15) is 12.5 Å². The van der Waals surface area contributed by atoms with Gasteiger partial charge in [-0.2, -0.15) is 0 Å². The average Bonchev–Trinajstić information content (AvgIpc) is 2.46. The number of nitrogens with zero attached hydrogens (tertiary/aromatic N) is 2. The summed E-state index contributed by atoms with van der Waals surface area (Å²) in [5.74, 6) is 1.19. The number of piperidine rings is 1. The molecule has 1 aliphatic rings. The van der Waals surface area contributed by atoms with E-state index in [1.54, 1.807) is 13.3 Å². The second-order valence-corrected chi connectivity index (χ2v) is 4.42. The lowest BCUT2D eigenvalue weighted by Crippen LogP contribution is -2.41. The molecule has 1 aromatic rings. The summed E-state index contributed by atoms with van der Waals surface area (Å²) in [5, 5.41) is 2.76. The number of aromatic nitrogens is 1. The van der Waals surface area contributed by atoms with Crippen LogP contribution in [0.1, 0.15) is 12.8 Å². The molecule has 0 radical (unpaired) electrons. The standard InChI is InChI=1S/C13H19N3O2/c1-18-10-15-13(17)11-5-8-16(9-6-11)12-4-2-3-7-14-12/h2-4,7,11H,5-6,8-10H2,1H3,(H,15,17). The first-order chi connectivity index (χ1) is 8.81. The predicted molar refractivity (Wildman–Crippen MR) is 69.2 cm³/mol. The highest BCUT2D eigenvalue weighted by Crippen LogP contribution is 2.21. The molecule has 0 spiro atoms. The second kappa shape index (κ2) is 6.35. The molecule has 98 valence electrons. The smallest absolute Gasteiger partial charge is 0.225 e. The normalized spacial score (nSPS) is 16.6. The van der Waals surface area contributed by atoms with E-state index < -0.39 is 0 Å². The van der Waals surface area contributed by atoms with Crippen molar-refractivity contribution < 1.29 is 9.53 Å². The number of methoxy groups -OCH3 is 1. The second-order valence-electron chi connectivity index (χ2n) is 4.42. The highest BCUT2D eigenvalue weighted by Gasteiger charge is 2.25. The maximum Gasteiger partial charge on any atom is 0.225 e. The van der Waals surface area contributed by atoms with Crippen LogP contribution >= 0.6 is 0 Å². The Hall–Kier alpha value is -1.62. The number of hydrogen-bond acceptors (Lipinski definition) is 4. The molecule has 0 aliphatic carbocycles. The monoisotopic (exact) mass is 249 g/mol. The number of pyridine rings is 1. The first-order valence-electron chi connectivity index (χ1n) is 6.24. The number of rotatable bonds is 4. The van der Waals surface area contributed by atoms with Crippen molar-refractivity contribution in [2.24, 2.45) is 5.92 Å². The SMILES string of the molecule is COCNC(=O)C1CCN(c2ccccn2)CC1. The zero-order valence-corrected chi connectivity index (χ0v) is 10.6. The fourth-order valence-electron chi connectivity index (χ4n) is 2.20. The van der Waals surface area contributed by atoms with E-state index in [0.717, 1.165) is 31.7 Å². The highest BCUT2D eigenvalue weighted by atomic mass is 16.5. The van der Waals surface area contributed by atoms with Crippen LogP contribution in [0.3, 0.4) is 0 Å². The third-order valence-corrected chi connectivity index (χ3v) is 3.23. The third kappa shape index (κ3) is 3.20. The van der Waals surface area contributed by atoms with E-state index in [1.165, 1.54) is 0 Å². The molecule has 18 heavy (non-hydrogen) atoms. The van der Waals surface area contributed by atoms with Crippen molar-refractivity contribution in [3.05, 3.63) is 24.4 Å². The van der Waals surface area contributed by atoms with Crippen LogP contribution in [0.4, 0.5) is 5.82 Å². The van der Waals surface area contributed by atoms with E-state index >= 15 is 0 Å². The van der Waals surface area contributed by atoms with Gasteiger partial charge in [0.15, 0.2) is 0 Å². The lowest BCUT2D eigenvalue weighted by molar-refractivity contribution is -0.127. The van der Waals surface area contributed by atoms with Crippen LogP contribution < -0.4 is 10.2 Å². The van der Waals surface area contributed by atoms with Crippen LogP contribution in [0.15, 0.2) is 24.4 Å². The summed E-state index contributed by atoms with van der Waals surface area (Å²) in [5.41, 5.74) is 0. The first-order valence-corrected chi connectivity index (χ1v) is 6.24. The first kappa shape index (κ1) is 12.8. The lowest BCUT2D eigenvalue weighted by atomic mass is 9.96. The fraction of sp³-hybridized carbons (Fsp3) is 0.538. The Labute approximate surface area is 107 Å². The van der Waals surface area contributed by atoms with Crippen LogP contribution in [0.5, 0.6) is 0 Å². The minimum atomic E-state index is 0.0949. The van der Waals surface area contributed by atoms with E-state index in [-0.39, 0.29) is 11.8 Å². The van der Waals surface area contributed by atoms with Crippen molar-refractivity contribution in [2.45, 2.75) is 12.8 Å². The maximum absolute atomic E-state index is 11.8. The summed E-state index contributed by atoms with van der Waals surface area (Å²) in [6, 6.07) is 5.90. The van der Waals surface area contributed by atoms with Gasteiger partial charge >= 0.3 is 0 Å². The molecule has 1 fully saturated rings. The Kier molecular flexibility index (Phi) is 4.52. The molecule has 1 amide bonds. The van der Waals surface area contributed by atoms with Crippen LogP contribution in [0.2, 0.25) is 0 Å². The molecule has 0 saturated carbocycles. The molecule has 5 heteroatoms. The minimum Gasteiger partial charge on any atom is -0.364 e. The summed E-state index contributed by atoms with van der Waals surface area (Å²) in [7, 11) is 1.57. The minimum absolute atomic E-state index is 0.0949. The van der Waals surface area contributed by atoms with Gasteiger partial charge in [0.25, 0.3) is 0 Å². The van der Waals surface area contributed by atoms with Gasteiger partial charge < -0.3 is 15.0 Å². The number of anilines is 1. The van der Waals surface area contributed by atoms with Gasteiger partial charge in [0.2, 0.25) is 5.91 Å². The molecule has 0 unspecified atom stereocenters. The summed E-state index contributed by atoms with van der Waals surface area (Å²) >= 11 is 0. The number of carbonyl (C=O) groups excluding carboxylic acids is 1. The molecular formula is C13H19N3O2. The number of amides is 1. The summed E-state index contributed by atoms with van der Waals surface area (Å²) in [6.45, 7) is 2.05.